The van der Waals surface area contributed by atoms with Crippen LogP contribution in [-0.4, -0.2) is 35.4 Å². The zero-order chi connectivity index (χ0) is 19.9. The Labute approximate surface area is 155 Å². The molecule has 26 heavy (non-hydrogen) atoms. The van der Waals surface area contributed by atoms with Gasteiger partial charge in [0.1, 0.15) is 5.75 Å². The maximum Gasteiger partial charge on any atom is 0.503 e. The van der Waals surface area contributed by atoms with Gasteiger partial charge in [0.25, 0.3) is 0 Å². The van der Waals surface area contributed by atoms with Gasteiger partial charge in [0, 0.05) is 6.04 Å². The number of carboxylic acid groups (broad SMARTS) is 2. The van der Waals surface area contributed by atoms with E-state index in [4.69, 9.17) is 19.7 Å². The first-order valence-electron chi connectivity index (χ1n) is 8.99. The Kier molecular flexibility index (Phi) is 8.42. The number of hydrogen-bond donors (Lipinski definition) is 3. The van der Waals surface area contributed by atoms with E-state index in [0.717, 1.165) is 41.2 Å². The summed E-state index contributed by atoms with van der Waals surface area (Å²) in [5.74, 6) is 2.47. The average molecular weight is 365 g/mol. The van der Waals surface area contributed by atoms with E-state index in [2.05, 4.69) is 19.2 Å². The number of carbonyl (C=O) groups excluding carboxylic acids is 1. The molecule has 0 aliphatic heterocycles. The number of methoxy groups -OCH3 is 1. The van der Waals surface area contributed by atoms with E-state index in [9.17, 15) is 4.79 Å². The highest BCUT2D eigenvalue weighted by Gasteiger charge is 2.25. The van der Waals surface area contributed by atoms with Crippen LogP contribution in [0.3, 0.4) is 0 Å². The van der Waals surface area contributed by atoms with Crippen LogP contribution in [0.25, 0.3) is 0 Å². The molecule has 0 saturated heterocycles. The number of amides is 1. The normalized spacial score (nSPS) is 22.0. The second-order valence-electron chi connectivity index (χ2n) is 7.23. The lowest BCUT2D eigenvalue weighted by Crippen LogP contribution is -2.40. The van der Waals surface area contributed by atoms with Crippen molar-refractivity contribution < 1.29 is 24.5 Å². The summed E-state index contributed by atoms with van der Waals surface area (Å²) < 4.78 is 5.28. The smallest absolute Gasteiger partial charge is 0.497 e. The molecule has 3 unspecified atom stereocenters. The van der Waals surface area contributed by atoms with Crippen LogP contribution in [0, 0.1) is 25.7 Å². The zero-order valence-corrected chi connectivity index (χ0v) is 16.3. The molecule has 0 radical (unpaired) electrons. The molecule has 0 spiro atoms. The summed E-state index contributed by atoms with van der Waals surface area (Å²) in [6.07, 6.45) is 2.06. The summed E-state index contributed by atoms with van der Waals surface area (Å²) in [5.41, 5.74) is 3.37. The van der Waals surface area contributed by atoms with Crippen LogP contribution in [0.1, 0.15) is 49.8 Å². The van der Waals surface area contributed by atoms with Gasteiger partial charge in [-0.15, -0.1) is 0 Å². The first-order valence-corrected chi connectivity index (χ1v) is 8.99. The van der Waals surface area contributed by atoms with E-state index in [0.29, 0.717) is 18.4 Å². The number of nitrogens with one attached hydrogen (secondary N) is 1. The van der Waals surface area contributed by atoms with Gasteiger partial charge in [-0.2, -0.15) is 0 Å². The summed E-state index contributed by atoms with van der Waals surface area (Å²) in [6, 6.07) is 4.34. The molecule has 1 aliphatic carbocycles. The fourth-order valence-corrected chi connectivity index (χ4v) is 3.47. The highest BCUT2D eigenvalue weighted by atomic mass is 16.6. The number of ether oxygens (including phenoxy) is 1. The van der Waals surface area contributed by atoms with Gasteiger partial charge < -0.3 is 20.3 Å². The van der Waals surface area contributed by atoms with Crippen LogP contribution in [0.2, 0.25) is 0 Å². The Balaban J connectivity index is 0.000000765. The molecule has 146 valence electrons. The lowest BCUT2D eigenvalue weighted by molar-refractivity contribution is -0.121. The molecule has 3 N–H and O–H groups in total. The highest BCUT2D eigenvalue weighted by Crippen LogP contribution is 2.29. The molecule has 0 heterocycles. The number of carbonyl (C=O) groups is 2. The molecular formula is C20H31NO5. The van der Waals surface area contributed by atoms with E-state index in [-0.39, 0.29) is 5.91 Å². The molecule has 2 rings (SSSR count). The molecule has 0 bridgehead atoms. The Hall–Kier alpha value is -2.24. The molecule has 6 heteroatoms. The van der Waals surface area contributed by atoms with Crippen molar-refractivity contribution in [2.75, 3.05) is 7.11 Å². The molecule has 0 aromatic heterocycles. The first-order chi connectivity index (χ1) is 12.1. The highest BCUT2D eigenvalue weighted by molar-refractivity contribution is 5.79. The van der Waals surface area contributed by atoms with E-state index >= 15 is 0 Å². The maximum atomic E-state index is 12.4. The molecule has 1 aromatic carbocycles. The second-order valence-corrected chi connectivity index (χ2v) is 7.23. The zero-order valence-electron chi connectivity index (χ0n) is 16.3. The summed E-state index contributed by atoms with van der Waals surface area (Å²) in [6.45, 7) is 8.69. The minimum absolute atomic E-state index is 0.142. The Bertz CT molecular complexity index is 602. The minimum atomic E-state index is -1.83. The largest absolute Gasteiger partial charge is 0.503 e. The van der Waals surface area contributed by atoms with Crippen LogP contribution >= 0.6 is 0 Å². The monoisotopic (exact) mass is 365 g/mol. The minimum Gasteiger partial charge on any atom is -0.497 e. The van der Waals surface area contributed by atoms with Crippen molar-refractivity contribution in [1.82, 2.24) is 5.32 Å². The third-order valence-electron chi connectivity index (χ3n) is 5.21. The predicted molar refractivity (Wildman–Crippen MR) is 101 cm³/mol. The lowest BCUT2D eigenvalue weighted by atomic mass is 9.79. The van der Waals surface area contributed by atoms with Crippen LogP contribution in [0.4, 0.5) is 4.79 Å². The number of hydrogen-bond acceptors (Lipinski definition) is 3. The molecule has 1 amide bonds. The third kappa shape index (κ3) is 6.94. The van der Waals surface area contributed by atoms with Crippen LogP contribution in [0.15, 0.2) is 12.1 Å². The Morgan fingerprint density at radius 1 is 1.12 bits per heavy atom. The standard InChI is InChI=1S/C19H29NO2.CH2O3/c1-12-6-7-16(8-13(12)2)20-19(21)11-18-14(3)9-17(22-5)10-15(18)4;2-1(3)4/h9-10,12-13,16H,6-8,11H2,1-5H3,(H,20,21);(H2,2,3,4). The van der Waals surface area contributed by atoms with Crippen molar-refractivity contribution in [3.8, 4) is 5.75 Å². The SMILES string of the molecule is COc1cc(C)c(CC(=O)NC2CCC(C)C(C)C2)c(C)c1.O=C(O)O. The fraction of sp³-hybridized carbons (Fsp3) is 0.600. The molecule has 1 fully saturated rings. The second kappa shape index (κ2) is 10.0. The van der Waals surface area contributed by atoms with Gasteiger partial charge in [-0.1, -0.05) is 13.8 Å². The van der Waals surface area contributed by atoms with E-state index in [1.807, 2.05) is 26.0 Å². The fourth-order valence-electron chi connectivity index (χ4n) is 3.47. The van der Waals surface area contributed by atoms with Gasteiger partial charge in [-0.05, 0) is 73.8 Å². The van der Waals surface area contributed by atoms with Gasteiger partial charge in [0.15, 0.2) is 0 Å². The molecular weight excluding hydrogens is 334 g/mol. The topological polar surface area (TPSA) is 95.9 Å². The van der Waals surface area contributed by atoms with Crippen molar-refractivity contribution in [1.29, 1.82) is 0 Å². The number of aryl methyl sites for hydroxylation is 2. The van der Waals surface area contributed by atoms with Crippen molar-refractivity contribution in [3.05, 3.63) is 28.8 Å². The molecule has 3 atom stereocenters. The van der Waals surface area contributed by atoms with Gasteiger partial charge >= 0.3 is 6.16 Å². The Morgan fingerprint density at radius 2 is 1.65 bits per heavy atom. The Morgan fingerprint density at radius 3 is 2.12 bits per heavy atom. The van der Waals surface area contributed by atoms with Crippen molar-refractivity contribution in [3.63, 3.8) is 0 Å². The number of rotatable bonds is 4. The van der Waals surface area contributed by atoms with Gasteiger partial charge in [0.2, 0.25) is 5.91 Å². The van der Waals surface area contributed by atoms with Crippen molar-refractivity contribution >= 4 is 12.1 Å². The maximum absolute atomic E-state index is 12.4. The third-order valence-corrected chi connectivity index (χ3v) is 5.21. The van der Waals surface area contributed by atoms with Crippen LogP contribution in [-0.2, 0) is 11.2 Å². The van der Waals surface area contributed by atoms with Crippen LogP contribution in [0.5, 0.6) is 5.75 Å². The molecule has 1 saturated carbocycles. The van der Waals surface area contributed by atoms with Crippen molar-refractivity contribution in [2.24, 2.45) is 11.8 Å². The van der Waals surface area contributed by atoms with E-state index in [1.165, 1.54) is 6.42 Å². The van der Waals surface area contributed by atoms with E-state index < -0.39 is 6.16 Å². The van der Waals surface area contributed by atoms with Gasteiger partial charge in [-0.25, -0.2) is 4.79 Å². The predicted octanol–water partition coefficient (Wildman–Crippen LogP) is 4.02. The molecule has 1 aromatic rings. The number of benzene rings is 1. The van der Waals surface area contributed by atoms with Crippen molar-refractivity contribution in [2.45, 2.75) is 59.4 Å². The molecule has 6 nitrogen and oxygen atoms in total. The lowest BCUT2D eigenvalue weighted by Gasteiger charge is -2.32. The summed E-state index contributed by atoms with van der Waals surface area (Å²) in [4.78, 5) is 20.9. The quantitative estimate of drug-likeness (QED) is 0.749. The first kappa shape index (κ1) is 21.8. The van der Waals surface area contributed by atoms with Crippen LogP contribution < -0.4 is 10.1 Å². The average Bonchev–Trinajstić information content (AvgIpc) is 2.53. The van der Waals surface area contributed by atoms with E-state index in [1.54, 1.807) is 7.11 Å². The van der Waals surface area contributed by atoms with Gasteiger partial charge in [-0.3, -0.25) is 4.79 Å². The summed E-state index contributed by atoms with van der Waals surface area (Å²) in [7, 11) is 1.67. The summed E-state index contributed by atoms with van der Waals surface area (Å²) >= 11 is 0. The van der Waals surface area contributed by atoms with Gasteiger partial charge in [0.05, 0.1) is 13.5 Å². The summed E-state index contributed by atoms with van der Waals surface area (Å²) in [5, 5.41) is 17.2. The molecule has 1 aliphatic rings.